The van der Waals surface area contributed by atoms with Crippen LogP contribution >= 0.6 is 0 Å². The van der Waals surface area contributed by atoms with E-state index in [2.05, 4.69) is 11.6 Å². The van der Waals surface area contributed by atoms with E-state index in [0.29, 0.717) is 23.4 Å². The molecule has 5 nitrogen and oxygen atoms in total. The van der Waals surface area contributed by atoms with E-state index in [0.717, 1.165) is 16.9 Å². The number of pyridine rings is 1. The highest BCUT2D eigenvalue weighted by Gasteiger charge is 2.11. The van der Waals surface area contributed by atoms with Crippen molar-refractivity contribution in [3.63, 3.8) is 0 Å². The Balaban J connectivity index is 2.10. The summed E-state index contributed by atoms with van der Waals surface area (Å²) in [5, 5.41) is 7.74. The van der Waals surface area contributed by atoms with Gasteiger partial charge >= 0.3 is 0 Å². The van der Waals surface area contributed by atoms with Crippen LogP contribution in [0.15, 0.2) is 73.3 Å². The lowest BCUT2D eigenvalue weighted by atomic mass is 9.99. The van der Waals surface area contributed by atoms with Gasteiger partial charge < -0.3 is 16.2 Å². The zero-order valence-electron chi connectivity index (χ0n) is 14.2. The fourth-order valence-electron chi connectivity index (χ4n) is 2.35. The van der Waals surface area contributed by atoms with E-state index in [1.807, 2.05) is 55.5 Å². The zero-order chi connectivity index (χ0) is 18.2. The fraction of sp³-hybridized carbons (Fsp3) is 0.100. The van der Waals surface area contributed by atoms with Crippen molar-refractivity contribution in [2.24, 2.45) is 5.73 Å². The number of ether oxygens (including phenoxy) is 1. The molecule has 0 aliphatic rings. The summed E-state index contributed by atoms with van der Waals surface area (Å²) in [4.78, 5) is 4.10. The van der Waals surface area contributed by atoms with Crippen LogP contribution in [0.25, 0.3) is 5.57 Å². The van der Waals surface area contributed by atoms with E-state index in [9.17, 15) is 0 Å². The Labute approximate surface area is 147 Å². The van der Waals surface area contributed by atoms with Crippen LogP contribution in [0.4, 0.5) is 5.69 Å². The Morgan fingerprint density at radius 3 is 2.64 bits per heavy atom. The lowest BCUT2D eigenvalue weighted by Crippen LogP contribution is -2.16. The van der Waals surface area contributed by atoms with E-state index in [-0.39, 0.29) is 5.84 Å². The molecule has 0 bridgehead atoms. The molecule has 0 aliphatic carbocycles. The Hall–Kier alpha value is -3.34. The first-order chi connectivity index (χ1) is 12.0. The van der Waals surface area contributed by atoms with Crippen LogP contribution in [-0.2, 0) is 0 Å². The summed E-state index contributed by atoms with van der Waals surface area (Å²) in [6.45, 7) is 5.83. The lowest BCUT2D eigenvalue weighted by Gasteiger charge is -2.11. The number of hydrogen-bond donors (Lipinski definition) is 3. The van der Waals surface area contributed by atoms with E-state index in [1.165, 1.54) is 6.20 Å². The highest BCUT2D eigenvalue weighted by molar-refractivity contribution is 6.04. The molecular weight excluding hydrogens is 312 g/mol. The Morgan fingerprint density at radius 1 is 1.28 bits per heavy atom. The fourth-order valence-corrected chi connectivity index (χ4v) is 2.35. The lowest BCUT2D eigenvalue weighted by molar-refractivity contribution is 0.418. The number of hydrogen-bond acceptors (Lipinski definition) is 4. The van der Waals surface area contributed by atoms with Crippen molar-refractivity contribution < 1.29 is 4.74 Å². The molecule has 0 fully saturated rings. The summed E-state index contributed by atoms with van der Waals surface area (Å²) in [5.74, 6) is 1.31. The molecule has 5 heteroatoms. The standard InChI is InChI=1S/C20H22N4O/c1-3-15(17-12-24-13-18(21)19(17)20(22)23)9-7-8-14(2)25-16-10-5-4-6-11-16/h3-7,9-13H,2,8,21H2,1H3,(H3,22,23)/b9-7?,15-3+. The molecule has 0 spiro atoms. The van der Waals surface area contributed by atoms with Gasteiger partial charge in [0.15, 0.2) is 0 Å². The summed E-state index contributed by atoms with van der Waals surface area (Å²) in [6.07, 6.45) is 9.47. The van der Waals surface area contributed by atoms with Crippen LogP contribution in [-0.4, -0.2) is 10.8 Å². The van der Waals surface area contributed by atoms with Gasteiger partial charge in [0, 0.05) is 23.7 Å². The van der Waals surface area contributed by atoms with Crippen molar-refractivity contribution in [1.82, 2.24) is 4.98 Å². The molecule has 0 saturated heterocycles. The van der Waals surface area contributed by atoms with Gasteiger partial charge in [0.05, 0.1) is 11.9 Å². The number of allylic oxidation sites excluding steroid dienone is 4. The average Bonchev–Trinajstić information content (AvgIpc) is 2.59. The van der Waals surface area contributed by atoms with E-state index in [4.69, 9.17) is 21.6 Å². The molecule has 0 aliphatic heterocycles. The van der Waals surface area contributed by atoms with Crippen LogP contribution in [0.3, 0.4) is 0 Å². The predicted octanol–water partition coefficient (Wildman–Crippen LogP) is 3.89. The van der Waals surface area contributed by atoms with Crippen LogP contribution in [0.2, 0.25) is 0 Å². The minimum absolute atomic E-state index is 0.0838. The van der Waals surface area contributed by atoms with Crippen molar-refractivity contribution in [2.75, 3.05) is 5.73 Å². The van der Waals surface area contributed by atoms with E-state index in [1.54, 1.807) is 6.20 Å². The number of nitrogens with zero attached hydrogens (tertiary/aromatic N) is 1. The first-order valence-electron chi connectivity index (χ1n) is 7.84. The molecule has 2 aromatic rings. The summed E-state index contributed by atoms with van der Waals surface area (Å²) in [7, 11) is 0. The second-order valence-electron chi connectivity index (χ2n) is 5.37. The molecule has 0 saturated carbocycles. The van der Waals surface area contributed by atoms with Crippen molar-refractivity contribution in [3.8, 4) is 5.75 Å². The average molecular weight is 334 g/mol. The van der Waals surface area contributed by atoms with Gasteiger partial charge in [-0.3, -0.25) is 10.4 Å². The van der Waals surface area contributed by atoms with Gasteiger partial charge in [0.25, 0.3) is 0 Å². The number of amidine groups is 1. The number of rotatable bonds is 7. The highest BCUT2D eigenvalue weighted by atomic mass is 16.5. The maximum absolute atomic E-state index is 7.74. The third-order valence-electron chi connectivity index (χ3n) is 3.51. The van der Waals surface area contributed by atoms with Gasteiger partial charge in [0.2, 0.25) is 0 Å². The highest BCUT2D eigenvalue weighted by Crippen LogP contribution is 2.24. The van der Waals surface area contributed by atoms with Crippen LogP contribution < -0.4 is 16.2 Å². The minimum Gasteiger partial charge on any atom is -0.462 e. The maximum atomic E-state index is 7.74. The first-order valence-corrected chi connectivity index (χ1v) is 7.84. The van der Waals surface area contributed by atoms with Gasteiger partial charge in [-0.25, -0.2) is 0 Å². The largest absolute Gasteiger partial charge is 0.462 e. The van der Waals surface area contributed by atoms with Crippen molar-refractivity contribution in [2.45, 2.75) is 13.3 Å². The Bertz CT molecular complexity index is 823. The van der Waals surface area contributed by atoms with E-state index < -0.39 is 0 Å². The molecule has 0 radical (unpaired) electrons. The zero-order valence-corrected chi connectivity index (χ0v) is 14.2. The number of nitrogen functional groups attached to an aromatic ring is 2. The summed E-state index contributed by atoms with van der Waals surface area (Å²) >= 11 is 0. The monoisotopic (exact) mass is 334 g/mol. The van der Waals surface area contributed by atoms with Gasteiger partial charge in [-0.1, -0.05) is 43.0 Å². The molecule has 1 aromatic heterocycles. The molecule has 2 rings (SSSR count). The van der Waals surface area contributed by atoms with Crippen molar-refractivity contribution >= 4 is 17.1 Å². The molecule has 0 unspecified atom stereocenters. The molecule has 25 heavy (non-hydrogen) atoms. The predicted molar refractivity (Wildman–Crippen MR) is 103 cm³/mol. The molecule has 1 heterocycles. The van der Waals surface area contributed by atoms with Crippen LogP contribution in [0.5, 0.6) is 5.75 Å². The topological polar surface area (TPSA) is 98.0 Å². The summed E-state index contributed by atoms with van der Waals surface area (Å²) < 4.78 is 5.66. The second kappa shape index (κ2) is 8.49. The molecule has 0 amide bonds. The number of nitrogens with two attached hydrogens (primary N) is 2. The Kier molecular flexibility index (Phi) is 6.12. The minimum atomic E-state index is -0.0838. The third-order valence-corrected chi connectivity index (χ3v) is 3.51. The van der Waals surface area contributed by atoms with Crippen molar-refractivity contribution in [1.29, 1.82) is 5.41 Å². The Morgan fingerprint density at radius 2 is 2.00 bits per heavy atom. The van der Waals surface area contributed by atoms with Crippen molar-refractivity contribution in [3.05, 3.63) is 84.4 Å². The number of nitrogens with one attached hydrogen (secondary N) is 1. The molecule has 1 aromatic carbocycles. The maximum Gasteiger partial charge on any atom is 0.126 e. The SMILES string of the molecule is C=C(CC=C/C(=C\C)c1cncc(N)c1C(=N)N)Oc1ccccc1. The second-order valence-corrected chi connectivity index (χ2v) is 5.37. The quantitative estimate of drug-likeness (QED) is 0.310. The van der Waals surface area contributed by atoms with Gasteiger partial charge in [0.1, 0.15) is 17.3 Å². The number of benzene rings is 1. The number of aromatic nitrogens is 1. The molecular formula is C20H22N4O. The first kappa shape index (κ1) is 18.0. The number of anilines is 1. The van der Waals surface area contributed by atoms with Crippen LogP contribution in [0.1, 0.15) is 24.5 Å². The normalized spacial score (nSPS) is 11.5. The van der Waals surface area contributed by atoms with Gasteiger partial charge in [-0.2, -0.15) is 0 Å². The summed E-state index contributed by atoms with van der Waals surface area (Å²) in [5.41, 5.74) is 14.0. The van der Waals surface area contributed by atoms with Gasteiger partial charge in [-0.05, 0) is 24.6 Å². The van der Waals surface area contributed by atoms with Gasteiger partial charge in [-0.15, -0.1) is 0 Å². The van der Waals surface area contributed by atoms with E-state index >= 15 is 0 Å². The third kappa shape index (κ3) is 4.81. The smallest absolute Gasteiger partial charge is 0.126 e. The van der Waals surface area contributed by atoms with Crippen LogP contribution in [0, 0.1) is 5.41 Å². The molecule has 5 N–H and O–H groups in total. The number of para-hydroxylation sites is 1. The molecule has 0 atom stereocenters. The summed E-state index contributed by atoms with van der Waals surface area (Å²) in [6, 6.07) is 9.51. The molecule has 128 valence electrons.